The van der Waals surface area contributed by atoms with Gasteiger partial charge in [0.1, 0.15) is 0 Å². The van der Waals surface area contributed by atoms with Crippen LogP contribution >= 0.6 is 0 Å². The van der Waals surface area contributed by atoms with E-state index in [9.17, 15) is 4.79 Å². The fourth-order valence-electron chi connectivity index (χ4n) is 1.81. The van der Waals surface area contributed by atoms with Crippen molar-refractivity contribution in [3.63, 3.8) is 0 Å². The minimum atomic E-state index is -0.118. The standard InChI is InChI=1S/C16H26N2O3/c1-4-8-17-11-13-6-7-14(15(10-13)20-3)21-12-16(19)18-9-5-2/h6-7,10,17H,4-5,8-9,11-12H2,1-3H3,(H,18,19). The van der Waals surface area contributed by atoms with E-state index in [1.54, 1.807) is 7.11 Å². The van der Waals surface area contributed by atoms with Crippen LogP contribution in [0, 0.1) is 0 Å². The van der Waals surface area contributed by atoms with Gasteiger partial charge in [-0.05, 0) is 37.1 Å². The lowest BCUT2D eigenvalue weighted by Gasteiger charge is -2.12. The minimum Gasteiger partial charge on any atom is -0.493 e. The summed E-state index contributed by atoms with van der Waals surface area (Å²) in [7, 11) is 1.60. The number of nitrogens with one attached hydrogen (secondary N) is 2. The molecule has 5 nitrogen and oxygen atoms in total. The maximum Gasteiger partial charge on any atom is 0.257 e. The largest absolute Gasteiger partial charge is 0.493 e. The van der Waals surface area contributed by atoms with Crippen molar-refractivity contribution in [2.75, 3.05) is 26.8 Å². The Morgan fingerprint density at radius 3 is 2.57 bits per heavy atom. The monoisotopic (exact) mass is 294 g/mol. The van der Waals surface area contributed by atoms with E-state index in [1.165, 1.54) is 0 Å². The van der Waals surface area contributed by atoms with E-state index in [-0.39, 0.29) is 12.5 Å². The Kier molecular flexibility index (Phi) is 8.28. The number of rotatable bonds is 10. The molecule has 0 aliphatic carbocycles. The lowest BCUT2D eigenvalue weighted by molar-refractivity contribution is -0.123. The highest BCUT2D eigenvalue weighted by Gasteiger charge is 2.08. The van der Waals surface area contributed by atoms with Gasteiger partial charge in [0.25, 0.3) is 5.91 Å². The lowest BCUT2D eigenvalue weighted by atomic mass is 10.2. The molecule has 0 unspecified atom stereocenters. The van der Waals surface area contributed by atoms with Crippen molar-refractivity contribution in [2.45, 2.75) is 33.2 Å². The number of hydrogen-bond acceptors (Lipinski definition) is 4. The number of benzene rings is 1. The molecule has 0 atom stereocenters. The average molecular weight is 294 g/mol. The van der Waals surface area contributed by atoms with Gasteiger partial charge in [0.05, 0.1) is 7.11 Å². The van der Waals surface area contributed by atoms with Crippen molar-refractivity contribution in [3.8, 4) is 11.5 Å². The van der Waals surface area contributed by atoms with Crippen LogP contribution in [0.15, 0.2) is 18.2 Å². The Bertz CT molecular complexity index is 436. The van der Waals surface area contributed by atoms with Crippen LogP contribution < -0.4 is 20.1 Å². The molecule has 0 spiro atoms. The van der Waals surface area contributed by atoms with Crippen LogP contribution in [0.2, 0.25) is 0 Å². The molecule has 1 rings (SSSR count). The first-order valence-corrected chi connectivity index (χ1v) is 7.48. The molecule has 0 fully saturated rings. The molecule has 0 saturated carbocycles. The summed E-state index contributed by atoms with van der Waals surface area (Å²) in [5.74, 6) is 1.12. The fourth-order valence-corrected chi connectivity index (χ4v) is 1.81. The molecule has 0 aliphatic rings. The molecule has 0 aliphatic heterocycles. The highest BCUT2D eigenvalue weighted by Crippen LogP contribution is 2.27. The lowest BCUT2D eigenvalue weighted by Crippen LogP contribution is -2.29. The van der Waals surface area contributed by atoms with E-state index in [2.05, 4.69) is 17.6 Å². The zero-order valence-electron chi connectivity index (χ0n) is 13.2. The van der Waals surface area contributed by atoms with Gasteiger partial charge in [-0.2, -0.15) is 0 Å². The molecule has 5 heteroatoms. The van der Waals surface area contributed by atoms with Crippen molar-refractivity contribution >= 4 is 5.91 Å². The summed E-state index contributed by atoms with van der Waals surface area (Å²) < 4.78 is 10.8. The second-order valence-electron chi connectivity index (χ2n) is 4.80. The van der Waals surface area contributed by atoms with Crippen LogP contribution in [0.1, 0.15) is 32.3 Å². The van der Waals surface area contributed by atoms with Gasteiger partial charge in [0, 0.05) is 13.1 Å². The van der Waals surface area contributed by atoms with Crippen LogP contribution in [0.5, 0.6) is 11.5 Å². The first kappa shape index (κ1) is 17.3. The Balaban J connectivity index is 2.55. The highest BCUT2D eigenvalue weighted by molar-refractivity contribution is 5.77. The Morgan fingerprint density at radius 1 is 1.14 bits per heavy atom. The number of carbonyl (C=O) groups excluding carboxylic acids is 1. The zero-order chi connectivity index (χ0) is 15.5. The molecule has 2 N–H and O–H groups in total. The molecular formula is C16H26N2O3. The summed E-state index contributed by atoms with van der Waals surface area (Å²) in [6, 6.07) is 5.75. The number of methoxy groups -OCH3 is 1. The predicted octanol–water partition coefficient (Wildman–Crippen LogP) is 2.10. The van der Waals surface area contributed by atoms with E-state index >= 15 is 0 Å². The topological polar surface area (TPSA) is 59.6 Å². The predicted molar refractivity (Wildman–Crippen MR) is 83.8 cm³/mol. The van der Waals surface area contributed by atoms with Gasteiger partial charge < -0.3 is 20.1 Å². The third-order valence-electron chi connectivity index (χ3n) is 2.91. The van der Waals surface area contributed by atoms with Crippen LogP contribution in [-0.2, 0) is 11.3 Å². The van der Waals surface area contributed by atoms with E-state index in [4.69, 9.17) is 9.47 Å². The Morgan fingerprint density at radius 2 is 1.90 bits per heavy atom. The Hall–Kier alpha value is -1.75. The van der Waals surface area contributed by atoms with Crippen molar-refractivity contribution in [1.82, 2.24) is 10.6 Å². The van der Waals surface area contributed by atoms with Crippen LogP contribution in [0.3, 0.4) is 0 Å². The third-order valence-corrected chi connectivity index (χ3v) is 2.91. The molecule has 1 amide bonds. The third kappa shape index (κ3) is 6.49. The molecule has 118 valence electrons. The van der Waals surface area contributed by atoms with Gasteiger partial charge in [-0.3, -0.25) is 4.79 Å². The van der Waals surface area contributed by atoms with Gasteiger partial charge in [-0.25, -0.2) is 0 Å². The maximum atomic E-state index is 11.5. The number of ether oxygens (including phenoxy) is 2. The summed E-state index contributed by atoms with van der Waals surface area (Å²) in [6.45, 7) is 6.59. The molecule has 0 radical (unpaired) electrons. The summed E-state index contributed by atoms with van der Waals surface area (Å²) in [6.07, 6.45) is 2.01. The maximum absolute atomic E-state index is 11.5. The Labute approximate surface area is 127 Å². The van der Waals surface area contributed by atoms with Gasteiger partial charge in [-0.15, -0.1) is 0 Å². The first-order chi connectivity index (χ1) is 10.2. The second-order valence-corrected chi connectivity index (χ2v) is 4.80. The number of amides is 1. The molecule has 0 saturated heterocycles. The summed E-state index contributed by atoms with van der Waals surface area (Å²) in [5, 5.41) is 6.11. The van der Waals surface area contributed by atoms with Gasteiger partial charge >= 0.3 is 0 Å². The molecule has 0 heterocycles. The molecule has 0 aromatic heterocycles. The SMILES string of the molecule is CCCNCc1ccc(OCC(=O)NCCC)c(OC)c1. The van der Waals surface area contributed by atoms with E-state index in [0.29, 0.717) is 18.0 Å². The van der Waals surface area contributed by atoms with E-state index in [0.717, 1.165) is 31.5 Å². The zero-order valence-corrected chi connectivity index (χ0v) is 13.2. The van der Waals surface area contributed by atoms with Crippen LogP contribution in [-0.4, -0.2) is 32.7 Å². The number of carbonyl (C=O) groups is 1. The molecule has 1 aromatic carbocycles. The second kappa shape index (κ2) is 10.0. The van der Waals surface area contributed by atoms with Crippen molar-refractivity contribution < 1.29 is 14.3 Å². The van der Waals surface area contributed by atoms with Crippen LogP contribution in [0.25, 0.3) is 0 Å². The summed E-state index contributed by atoms with van der Waals surface area (Å²) in [4.78, 5) is 11.5. The molecular weight excluding hydrogens is 268 g/mol. The molecule has 0 bridgehead atoms. The summed E-state index contributed by atoms with van der Waals surface area (Å²) in [5.41, 5.74) is 1.13. The highest BCUT2D eigenvalue weighted by atomic mass is 16.5. The fraction of sp³-hybridized carbons (Fsp3) is 0.562. The summed E-state index contributed by atoms with van der Waals surface area (Å²) >= 11 is 0. The van der Waals surface area contributed by atoms with E-state index < -0.39 is 0 Å². The van der Waals surface area contributed by atoms with Gasteiger partial charge in [0.15, 0.2) is 18.1 Å². The smallest absolute Gasteiger partial charge is 0.257 e. The minimum absolute atomic E-state index is 0.00376. The van der Waals surface area contributed by atoms with Crippen molar-refractivity contribution in [1.29, 1.82) is 0 Å². The average Bonchev–Trinajstić information content (AvgIpc) is 2.51. The van der Waals surface area contributed by atoms with Gasteiger partial charge in [-0.1, -0.05) is 19.9 Å². The normalized spacial score (nSPS) is 10.2. The molecule has 1 aromatic rings. The van der Waals surface area contributed by atoms with Crippen molar-refractivity contribution in [3.05, 3.63) is 23.8 Å². The van der Waals surface area contributed by atoms with Crippen molar-refractivity contribution in [2.24, 2.45) is 0 Å². The quantitative estimate of drug-likeness (QED) is 0.649. The van der Waals surface area contributed by atoms with E-state index in [1.807, 2.05) is 25.1 Å². The number of hydrogen-bond donors (Lipinski definition) is 2. The molecule has 21 heavy (non-hydrogen) atoms. The van der Waals surface area contributed by atoms with Gasteiger partial charge in [0.2, 0.25) is 0 Å². The van der Waals surface area contributed by atoms with Crippen LogP contribution in [0.4, 0.5) is 0 Å². The first-order valence-electron chi connectivity index (χ1n) is 7.48.